The SMILES string of the molecule is COc1cc(C(=O)N2[C@H]3CC[C@@H]2[C@H](N)C3)cc2nc(-c3cc4ccc([C@@H](C)NC(=O)N(C(C)C)C(C)C)nc4n3CC3CC3)c(C)n12. The van der Waals surface area contributed by atoms with E-state index in [2.05, 4.69) is 22.0 Å². The third-order valence-corrected chi connectivity index (χ3v) is 10.5. The minimum Gasteiger partial charge on any atom is -0.482 e. The zero-order chi connectivity index (χ0) is 33.3. The van der Waals surface area contributed by atoms with Gasteiger partial charge in [0.1, 0.15) is 17.0 Å². The summed E-state index contributed by atoms with van der Waals surface area (Å²) < 4.78 is 10.1. The van der Waals surface area contributed by atoms with Crippen molar-refractivity contribution in [1.82, 2.24) is 34.1 Å². The van der Waals surface area contributed by atoms with Crippen LogP contribution in [0, 0.1) is 12.8 Å². The van der Waals surface area contributed by atoms with Crippen LogP contribution in [-0.2, 0) is 6.54 Å². The molecule has 0 aromatic carbocycles. The number of fused-ring (bicyclic) bond motifs is 4. The highest BCUT2D eigenvalue weighted by atomic mass is 16.5. The number of hydrogen-bond acceptors (Lipinski definition) is 6. The Bertz CT molecular complexity index is 1850. The normalized spacial score (nSPS) is 21.4. The Labute approximate surface area is 276 Å². The highest BCUT2D eigenvalue weighted by molar-refractivity contribution is 5.97. The van der Waals surface area contributed by atoms with Gasteiger partial charge in [0.05, 0.1) is 30.2 Å². The van der Waals surface area contributed by atoms with E-state index in [-0.39, 0.29) is 48.2 Å². The monoisotopic (exact) mass is 640 g/mol. The molecule has 0 unspecified atom stereocenters. The molecule has 11 heteroatoms. The number of ether oxygens (including phenoxy) is 1. The molecule has 3 fully saturated rings. The van der Waals surface area contributed by atoms with Gasteiger partial charge < -0.3 is 30.2 Å². The molecule has 4 aromatic rings. The Hall–Kier alpha value is -4.12. The van der Waals surface area contributed by atoms with Crippen molar-refractivity contribution in [2.45, 2.75) is 116 Å². The van der Waals surface area contributed by atoms with E-state index >= 15 is 0 Å². The highest BCUT2D eigenvalue weighted by Gasteiger charge is 2.47. The van der Waals surface area contributed by atoms with Crippen LogP contribution in [0.5, 0.6) is 5.88 Å². The molecule has 7 rings (SSSR count). The van der Waals surface area contributed by atoms with Crippen LogP contribution in [0.1, 0.15) is 94.5 Å². The summed E-state index contributed by atoms with van der Waals surface area (Å²) in [5.41, 5.74) is 12.1. The second-order valence-electron chi connectivity index (χ2n) is 14.4. The summed E-state index contributed by atoms with van der Waals surface area (Å²) in [6, 6.07) is 10.1. The number of urea groups is 1. The van der Waals surface area contributed by atoms with Gasteiger partial charge in [-0.25, -0.2) is 14.8 Å². The maximum atomic E-state index is 13.8. The van der Waals surface area contributed by atoms with E-state index in [9.17, 15) is 9.59 Å². The van der Waals surface area contributed by atoms with Gasteiger partial charge >= 0.3 is 6.03 Å². The third-order valence-electron chi connectivity index (χ3n) is 10.5. The first-order valence-corrected chi connectivity index (χ1v) is 17.2. The molecule has 2 aliphatic heterocycles. The lowest BCUT2D eigenvalue weighted by atomic mass is 9.97. The first kappa shape index (κ1) is 31.5. The van der Waals surface area contributed by atoms with E-state index in [1.54, 1.807) is 7.11 Å². The third kappa shape index (κ3) is 5.42. The predicted octanol–water partition coefficient (Wildman–Crippen LogP) is 5.67. The summed E-state index contributed by atoms with van der Waals surface area (Å²) in [5.74, 6) is 1.17. The van der Waals surface area contributed by atoms with Crippen LogP contribution < -0.4 is 15.8 Å². The number of nitrogens with two attached hydrogens (primary N) is 1. The number of hydrogen-bond donors (Lipinski definition) is 2. The summed E-state index contributed by atoms with van der Waals surface area (Å²) >= 11 is 0. The molecule has 2 bridgehead atoms. The van der Waals surface area contributed by atoms with Gasteiger partial charge in [-0.05, 0) is 104 Å². The molecule has 250 valence electrons. The fourth-order valence-corrected chi connectivity index (χ4v) is 8.02. The fraction of sp³-hybridized carbons (Fsp3) is 0.556. The molecule has 4 aromatic heterocycles. The van der Waals surface area contributed by atoms with Crippen molar-refractivity contribution < 1.29 is 14.3 Å². The number of methoxy groups -OCH3 is 1. The standard InChI is InChI=1S/C36H48N8O3/c1-19(2)42(20(3)4)36(46)38-21(5)28-12-10-24-14-30(41(34(24)39-28)18-23-8-9-23)33-22(6)43-31(40-33)15-25(16-32(43)47-7)35(45)44-26-11-13-29(44)27(37)17-26/h10,12,14-16,19-21,23,26-27,29H,8-9,11,13,17-18,37H2,1-7H3,(H,38,46)/t21-,26+,27-,29-/m1/s1. The van der Waals surface area contributed by atoms with E-state index < -0.39 is 0 Å². The number of aromatic nitrogens is 4. The molecule has 4 atom stereocenters. The van der Waals surface area contributed by atoms with E-state index in [0.717, 1.165) is 59.6 Å². The summed E-state index contributed by atoms with van der Waals surface area (Å²) in [4.78, 5) is 41.1. The molecule has 3 amide bonds. The van der Waals surface area contributed by atoms with Crippen LogP contribution in [0.25, 0.3) is 28.1 Å². The van der Waals surface area contributed by atoms with Crippen molar-refractivity contribution in [2.24, 2.45) is 11.7 Å². The average molecular weight is 641 g/mol. The van der Waals surface area contributed by atoms with Gasteiger partial charge in [-0.2, -0.15) is 0 Å². The first-order chi connectivity index (χ1) is 22.5. The number of carbonyl (C=O) groups excluding carboxylic acids is 2. The highest BCUT2D eigenvalue weighted by Crippen LogP contribution is 2.40. The summed E-state index contributed by atoms with van der Waals surface area (Å²) in [5, 5.41) is 4.19. The number of pyridine rings is 2. The molecule has 47 heavy (non-hydrogen) atoms. The Morgan fingerprint density at radius 2 is 1.79 bits per heavy atom. The summed E-state index contributed by atoms with van der Waals surface area (Å²) in [6.07, 6.45) is 5.22. The number of carbonyl (C=O) groups is 2. The Morgan fingerprint density at radius 3 is 2.40 bits per heavy atom. The molecule has 2 saturated heterocycles. The van der Waals surface area contributed by atoms with E-state index in [1.165, 1.54) is 12.8 Å². The second kappa shape index (κ2) is 11.8. The molecule has 0 radical (unpaired) electrons. The minimum absolute atomic E-state index is 0.000788. The lowest BCUT2D eigenvalue weighted by Crippen LogP contribution is -2.48. The molecule has 6 heterocycles. The van der Waals surface area contributed by atoms with Gasteiger partial charge in [-0.1, -0.05) is 0 Å². The molecular formula is C36H48N8O3. The predicted molar refractivity (Wildman–Crippen MR) is 183 cm³/mol. The summed E-state index contributed by atoms with van der Waals surface area (Å²) in [6.45, 7) is 13.0. The zero-order valence-corrected chi connectivity index (χ0v) is 28.7. The van der Waals surface area contributed by atoms with Gasteiger partial charge in [0, 0.05) is 53.8 Å². The van der Waals surface area contributed by atoms with Crippen LogP contribution in [0.2, 0.25) is 0 Å². The van der Waals surface area contributed by atoms with Crippen molar-refractivity contribution in [3.63, 3.8) is 0 Å². The van der Waals surface area contributed by atoms with Crippen molar-refractivity contribution in [2.75, 3.05) is 7.11 Å². The topological polar surface area (TPSA) is 123 Å². The smallest absolute Gasteiger partial charge is 0.318 e. The number of imidazole rings is 1. The van der Waals surface area contributed by atoms with Crippen LogP contribution in [0.3, 0.4) is 0 Å². The Morgan fingerprint density at radius 1 is 1.04 bits per heavy atom. The molecule has 1 saturated carbocycles. The number of aryl methyl sites for hydroxylation is 1. The number of nitrogens with zero attached hydrogens (tertiary/aromatic N) is 6. The first-order valence-electron chi connectivity index (χ1n) is 17.2. The van der Waals surface area contributed by atoms with Crippen LogP contribution in [0.15, 0.2) is 30.3 Å². The van der Waals surface area contributed by atoms with Crippen molar-refractivity contribution in [3.8, 4) is 17.3 Å². The van der Waals surface area contributed by atoms with Crippen molar-refractivity contribution >= 4 is 28.6 Å². The van der Waals surface area contributed by atoms with Gasteiger partial charge in [-0.15, -0.1) is 0 Å². The molecular weight excluding hydrogens is 592 g/mol. The van der Waals surface area contributed by atoms with Gasteiger partial charge in [0.15, 0.2) is 5.88 Å². The largest absolute Gasteiger partial charge is 0.482 e. The number of rotatable bonds is 9. The van der Waals surface area contributed by atoms with Gasteiger partial charge in [-0.3, -0.25) is 9.20 Å². The lowest BCUT2D eigenvalue weighted by Gasteiger charge is -2.32. The lowest BCUT2D eigenvalue weighted by molar-refractivity contribution is 0.0726. The Balaban J connectivity index is 1.26. The van der Waals surface area contributed by atoms with Gasteiger partial charge in [0.2, 0.25) is 0 Å². The summed E-state index contributed by atoms with van der Waals surface area (Å²) in [7, 11) is 1.63. The minimum atomic E-state index is -0.267. The van der Waals surface area contributed by atoms with Crippen molar-refractivity contribution in [1.29, 1.82) is 0 Å². The van der Waals surface area contributed by atoms with E-state index in [1.807, 2.05) is 73.9 Å². The molecule has 1 aliphatic carbocycles. The van der Waals surface area contributed by atoms with Crippen LogP contribution >= 0.6 is 0 Å². The van der Waals surface area contributed by atoms with Crippen LogP contribution in [-0.4, -0.2) is 78.0 Å². The molecule has 0 spiro atoms. The second-order valence-corrected chi connectivity index (χ2v) is 14.4. The Kier molecular flexibility index (Phi) is 7.93. The molecule has 11 nitrogen and oxygen atoms in total. The fourth-order valence-electron chi connectivity index (χ4n) is 8.02. The molecule has 3 N–H and O–H groups in total. The zero-order valence-electron chi connectivity index (χ0n) is 28.7. The van der Waals surface area contributed by atoms with Crippen LogP contribution in [0.4, 0.5) is 4.79 Å². The maximum absolute atomic E-state index is 13.8. The van der Waals surface area contributed by atoms with E-state index in [4.69, 9.17) is 20.4 Å². The van der Waals surface area contributed by atoms with E-state index in [0.29, 0.717) is 23.0 Å². The number of amides is 3. The average Bonchev–Trinajstić information content (AvgIpc) is 3.34. The number of nitrogens with one attached hydrogen (secondary N) is 1. The maximum Gasteiger partial charge on any atom is 0.318 e. The molecule has 3 aliphatic rings. The quantitative estimate of drug-likeness (QED) is 0.243. The van der Waals surface area contributed by atoms with Crippen molar-refractivity contribution in [3.05, 3.63) is 47.3 Å². The van der Waals surface area contributed by atoms with Gasteiger partial charge in [0.25, 0.3) is 5.91 Å².